The van der Waals surface area contributed by atoms with E-state index in [1.54, 1.807) is 6.07 Å². The molecular formula is C16H16F2N3O5S-. The van der Waals surface area contributed by atoms with Crippen LogP contribution in [0.2, 0.25) is 0 Å². The Labute approximate surface area is 155 Å². The molecule has 0 spiro atoms. The van der Waals surface area contributed by atoms with E-state index in [1.807, 2.05) is 0 Å². The Morgan fingerprint density at radius 3 is 2.67 bits per heavy atom. The minimum atomic E-state index is -2.93. The number of nitrogens with zero attached hydrogens (tertiary/aromatic N) is 3. The second kappa shape index (κ2) is 8.73. The van der Waals surface area contributed by atoms with E-state index in [2.05, 4.69) is 19.7 Å². The summed E-state index contributed by atoms with van der Waals surface area (Å²) in [6, 6.07) is 5.77. The molecule has 1 aromatic carbocycles. The fourth-order valence-corrected chi connectivity index (χ4v) is 3.32. The number of aromatic nitrogens is 3. The Hall–Kier alpha value is -2.79. The van der Waals surface area contributed by atoms with Crippen molar-refractivity contribution in [2.24, 2.45) is 0 Å². The maximum atomic E-state index is 12.6. The molecule has 0 aliphatic rings. The number of pyridine rings is 1. The first-order valence-corrected chi connectivity index (χ1v) is 8.67. The third-order valence-electron chi connectivity index (χ3n) is 3.44. The Kier molecular flexibility index (Phi) is 6.64. The average molecular weight is 400 g/mol. The molecule has 3 aromatic rings. The maximum absolute atomic E-state index is 12.6. The largest absolute Gasteiger partial charge is 0.493 e. The van der Waals surface area contributed by atoms with Crippen LogP contribution < -0.4 is 19.2 Å². The van der Waals surface area contributed by atoms with E-state index in [0.29, 0.717) is 28.2 Å². The molecule has 2 heterocycles. The van der Waals surface area contributed by atoms with Crippen molar-refractivity contribution >= 4 is 21.8 Å². The number of hydrogen-bond acceptors (Lipinski definition) is 6. The fourth-order valence-electron chi connectivity index (χ4n) is 2.34. The highest BCUT2D eigenvalue weighted by Gasteiger charge is 2.14. The van der Waals surface area contributed by atoms with E-state index in [9.17, 15) is 13.0 Å². The van der Waals surface area contributed by atoms with Gasteiger partial charge in [-0.3, -0.25) is 9.19 Å². The third-order valence-corrected chi connectivity index (χ3v) is 4.57. The van der Waals surface area contributed by atoms with Crippen molar-refractivity contribution in [3.63, 3.8) is 0 Å². The average Bonchev–Trinajstić information content (AvgIpc) is 3.04. The molecule has 1 unspecified atom stereocenters. The van der Waals surface area contributed by atoms with Crippen LogP contribution in [-0.4, -0.2) is 40.5 Å². The molecule has 0 aliphatic heterocycles. The highest BCUT2D eigenvalue weighted by atomic mass is 32.2. The number of hydrogen-bond donors (Lipinski definition) is 0. The zero-order valence-electron chi connectivity index (χ0n) is 14.3. The number of alkyl halides is 2. The monoisotopic (exact) mass is 400 g/mol. The Bertz CT molecular complexity index is 951. The number of ether oxygens (including phenoxy) is 3. The first-order valence-electron chi connectivity index (χ1n) is 7.35. The zero-order chi connectivity index (χ0) is 18.7. The minimum absolute atomic E-state index is 0. The molecule has 3 rings (SSSR count). The second-order valence-electron chi connectivity index (χ2n) is 5.02. The summed E-state index contributed by atoms with van der Waals surface area (Å²) in [6.07, 6.45) is 1.52. The van der Waals surface area contributed by atoms with Gasteiger partial charge in [0.05, 0.1) is 36.5 Å². The van der Waals surface area contributed by atoms with Gasteiger partial charge in [0.15, 0.2) is 11.5 Å². The van der Waals surface area contributed by atoms with Crippen LogP contribution in [0.5, 0.6) is 17.2 Å². The van der Waals surface area contributed by atoms with Gasteiger partial charge in [-0.15, -0.1) is 0 Å². The molecule has 1 atom stereocenters. The molecule has 2 N–H and O–H groups in total. The number of rotatable bonds is 7. The lowest BCUT2D eigenvalue weighted by Gasteiger charge is -2.11. The van der Waals surface area contributed by atoms with E-state index in [4.69, 9.17) is 9.47 Å². The molecule has 0 amide bonds. The van der Waals surface area contributed by atoms with E-state index in [-0.39, 0.29) is 22.1 Å². The van der Waals surface area contributed by atoms with E-state index in [1.165, 1.54) is 38.6 Å². The van der Waals surface area contributed by atoms with Gasteiger partial charge in [-0.2, -0.15) is 8.78 Å². The maximum Gasteiger partial charge on any atom is 0.387 e. The molecule has 0 aliphatic carbocycles. The van der Waals surface area contributed by atoms with Crippen molar-refractivity contribution in [3.8, 4) is 17.2 Å². The smallest absolute Gasteiger partial charge is 0.387 e. The van der Waals surface area contributed by atoms with Gasteiger partial charge in [0.25, 0.3) is 0 Å². The first kappa shape index (κ1) is 20.5. The quantitative estimate of drug-likeness (QED) is 0.592. The lowest BCUT2D eigenvalue weighted by atomic mass is 10.3. The van der Waals surface area contributed by atoms with Crippen LogP contribution in [0.15, 0.2) is 35.6 Å². The molecule has 0 fully saturated rings. The van der Waals surface area contributed by atoms with Gasteiger partial charge < -0.3 is 29.7 Å². The lowest BCUT2D eigenvalue weighted by molar-refractivity contribution is -0.0497. The molecule has 11 heteroatoms. The number of imidazole rings is 1. The zero-order valence-corrected chi connectivity index (χ0v) is 15.1. The van der Waals surface area contributed by atoms with Crippen LogP contribution >= 0.6 is 0 Å². The van der Waals surface area contributed by atoms with Crippen LogP contribution in [0.3, 0.4) is 0 Å². The van der Waals surface area contributed by atoms with Gasteiger partial charge in [0.2, 0.25) is 0 Å². The summed E-state index contributed by atoms with van der Waals surface area (Å²) in [5.74, 6) is 0.821. The van der Waals surface area contributed by atoms with Crippen LogP contribution in [0, 0.1) is 0 Å². The van der Waals surface area contributed by atoms with Crippen molar-refractivity contribution in [2.45, 2.75) is 17.5 Å². The van der Waals surface area contributed by atoms with E-state index in [0.717, 1.165) is 0 Å². The first-order chi connectivity index (χ1) is 12.5. The summed E-state index contributed by atoms with van der Waals surface area (Å²) in [5, 5.41) is 0.0702. The normalized spacial score (nSPS) is 11.9. The molecule has 27 heavy (non-hydrogen) atoms. The van der Waals surface area contributed by atoms with Crippen molar-refractivity contribution in [1.82, 2.24) is 15.0 Å². The number of methoxy groups -OCH3 is 2. The minimum Gasteiger partial charge on any atom is -0.493 e. The van der Waals surface area contributed by atoms with Gasteiger partial charge in [-0.1, -0.05) is 6.07 Å². The molecule has 0 saturated carbocycles. The highest BCUT2D eigenvalue weighted by molar-refractivity contribution is 7.84. The van der Waals surface area contributed by atoms with Crippen molar-refractivity contribution in [1.29, 1.82) is 0 Å². The van der Waals surface area contributed by atoms with Gasteiger partial charge in [0.1, 0.15) is 5.75 Å². The highest BCUT2D eigenvalue weighted by Crippen LogP contribution is 2.30. The molecule has 146 valence electrons. The van der Waals surface area contributed by atoms with Crippen molar-refractivity contribution in [2.75, 3.05) is 14.2 Å². The number of halogens is 2. The summed E-state index contributed by atoms with van der Waals surface area (Å²) in [6.45, 7) is -2.93. The van der Waals surface area contributed by atoms with Gasteiger partial charge in [-0.05, 0) is 23.2 Å². The third kappa shape index (κ3) is 4.49. The van der Waals surface area contributed by atoms with Crippen LogP contribution in [0.25, 0.3) is 11.0 Å². The predicted octanol–water partition coefficient (Wildman–Crippen LogP) is 1.69. The van der Waals surface area contributed by atoms with Gasteiger partial charge >= 0.3 is 6.61 Å². The van der Waals surface area contributed by atoms with Crippen molar-refractivity contribution < 1.29 is 32.7 Å². The Morgan fingerprint density at radius 1 is 1.22 bits per heavy atom. The summed E-state index contributed by atoms with van der Waals surface area (Å²) in [5.41, 5.74) is 1.18. The predicted molar refractivity (Wildman–Crippen MR) is 92.8 cm³/mol. The second-order valence-corrected chi connectivity index (χ2v) is 6.36. The molecule has 8 nitrogen and oxygen atoms in total. The SMILES string of the molecule is COc1ccnc(CS(=O)c2nc3cc(OC(F)F)ccc3[n-]2)c1OC.O. The van der Waals surface area contributed by atoms with E-state index >= 15 is 0 Å². The molecule has 2 aromatic heterocycles. The van der Waals surface area contributed by atoms with Crippen LogP contribution in [0.4, 0.5) is 8.78 Å². The summed E-state index contributed by atoms with van der Waals surface area (Å²) < 4.78 is 52.0. The summed E-state index contributed by atoms with van der Waals surface area (Å²) in [7, 11) is 1.34. The summed E-state index contributed by atoms with van der Waals surface area (Å²) >= 11 is 0. The standard InChI is InChI=1S/C16H14F2N3O4S.H2O/c1-23-13-5-6-19-12(14(13)24-2)8-26(22)16-20-10-4-3-9(25-15(17)18)7-11(10)21-16;/h3-7,15H,8H2,1-2H3;1H2/q-1;. The summed E-state index contributed by atoms with van der Waals surface area (Å²) in [4.78, 5) is 12.5. The fraction of sp³-hybridized carbons (Fsp3) is 0.250. The number of fused-ring (bicyclic) bond motifs is 1. The molecule has 0 bridgehead atoms. The Balaban J connectivity index is 0.00000261. The topological polar surface area (TPSA) is 116 Å². The van der Waals surface area contributed by atoms with Gasteiger partial charge in [-0.25, -0.2) is 0 Å². The van der Waals surface area contributed by atoms with E-state index < -0.39 is 17.4 Å². The number of benzene rings is 1. The van der Waals surface area contributed by atoms with Crippen LogP contribution in [0.1, 0.15) is 5.69 Å². The van der Waals surface area contributed by atoms with Crippen LogP contribution in [-0.2, 0) is 16.6 Å². The van der Waals surface area contributed by atoms with Gasteiger partial charge in [0, 0.05) is 17.4 Å². The molecule has 0 radical (unpaired) electrons. The Morgan fingerprint density at radius 2 is 2.00 bits per heavy atom. The molecule has 0 saturated heterocycles. The lowest BCUT2D eigenvalue weighted by Crippen LogP contribution is -2.04. The molecular weight excluding hydrogens is 384 g/mol. The van der Waals surface area contributed by atoms with Crippen molar-refractivity contribution in [3.05, 3.63) is 36.2 Å².